The van der Waals surface area contributed by atoms with Gasteiger partial charge in [0.1, 0.15) is 0 Å². The number of nitrogens with two attached hydrogens (primary N) is 1. The van der Waals surface area contributed by atoms with Crippen LogP contribution in [0.4, 0.5) is 5.13 Å². The largest absolute Gasteiger partial charge is 0.396 e. The average Bonchev–Trinajstić information content (AvgIpc) is 3.08. The summed E-state index contributed by atoms with van der Waals surface area (Å²) in [6.45, 7) is 0.989. The molecular formula is C15H19N3O2S. The number of thiazole rings is 1. The van der Waals surface area contributed by atoms with Gasteiger partial charge < -0.3 is 15.7 Å². The Morgan fingerprint density at radius 3 is 3.19 bits per heavy atom. The maximum Gasteiger partial charge on any atom is 0.254 e. The fourth-order valence-electron chi connectivity index (χ4n) is 2.97. The van der Waals surface area contributed by atoms with Crippen LogP contribution in [-0.2, 0) is 0 Å². The van der Waals surface area contributed by atoms with Gasteiger partial charge in [0, 0.05) is 24.8 Å². The van der Waals surface area contributed by atoms with Crippen LogP contribution in [0.5, 0.6) is 0 Å². The standard InChI is InChI=1S/C15H19N3O2S/c16-15-17-12-6-5-10(9-13(12)21-15)14(20)18-7-1-3-11(18)4-2-8-19/h5-6,9,11,19H,1-4,7-8H2,(H2,16,17). The van der Waals surface area contributed by atoms with Crippen LogP contribution in [0.25, 0.3) is 10.2 Å². The van der Waals surface area contributed by atoms with Crippen molar-refractivity contribution in [2.75, 3.05) is 18.9 Å². The third-order valence-electron chi connectivity index (χ3n) is 3.99. The fraction of sp³-hybridized carbons (Fsp3) is 0.467. The second kappa shape index (κ2) is 5.99. The molecule has 3 N–H and O–H groups in total. The Bertz CT molecular complexity index is 655. The summed E-state index contributed by atoms with van der Waals surface area (Å²) in [6.07, 6.45) is 3.69. The zero-order valence-electron chi connectivity index (χ0n) is 11.8. The van der Waals surface area contributed by atoms with Crippen molar-refractivity contribution in [1.29, 1.82) is 0 Å². The molecule has 3 rings (SSSR count). The Hall–Kier alpha value is -1.66. The lowest BCUT2D eigenvalue weighted by Gasteiger charge is -2.24. The van der Waals surface area contributed by atoms with Crippen molar-refractivity contribution in [2.45, 2.75) is 31.7 Å². The molecule has 5 nitrogen and oxygen atoms in total. The highest BCUT2D eigenvalue weighted by Crippen LogP contribution is 2.27. The van der Waals surface area contributed by atoms with Gasteiger partial charge in [-0.2, -0.15) is 0 Å². The van der Waals surface area contributed by atoms with Crippen LogP contribution < -0.4 is 5.73 Å². The first kappa shape index (κ1) is 14.3. The summed E-state index contributed by atoms with van der Waals surface area (Å²) in [5, 5.41) is 9.49. The van der Waals surface area contributed by atoms with Crippen molar-refractivity contribution >= 4 is 32.6 Å². The third kappa shape index (κ3) is 2.87. The highest BCUT2D eigenvalue weighted by Gasteiger charge is 2.29. The molecule has 1 unspecified atom stereocenters. The molecule has 1 aromatic carbocycles. The van der Waals surface area contributed by atoms with Crippen LogP contribution in [0.2, 0.25) is 0 Å². The van der Waals surface area contributed by atoms with Crippen molar-refractivity contribution < 1.29 is 9.90 Å². The van der Waals surface area contributed by atoms with Gasteiger partial charge in [0.15, 0.2) is 5.13 Å². The predicted molar refractivity (Wildman–Crippen MR) is 84.4 cm³/mol. The summed E-state index contributed by atoms with van der Waals surface area (Å²) >= 11 is 1.40. The number of anilines is 1. The molecule has 1 aromatic heterocycles. The number of carbonyl (C=O) groups is 1. The Balaban J connectivity index is 1.81. The lowest BCUT2D eigenvalue weighted by molar-refractivity contribution is 0.0724. The number of carbonyl (C=O) groups excluding carboxylic acids is 1. The van der Waals surface area contributed by atoms with Crippen LogP contribution in [0.15, 0.2) is 18.2 Å². The van der Waals surface area contributed by atoms with E-state index in [1.54, 1.807) is 0 Å². The zero-order chi connectivity index (χ0) is 14.8. The Morgan fingerprint density at radius 2 is 2.38 bits per heavy atom. The molecule has 21 heavy (non-hydrogen) atoms. The molecule has 1 aliphatic rings. The van der Waals surface area contributed by atoms with Crippen molar-refractivity contribution in [3.8, 4) is 0 Å². The number of nitrogen functional groups attached to an aromatic ring is 1. The van der Waals surface area contributed by atoms with E-state index in [2.05, 4.69) is 4.98 Å². The van der Waals surface area contributed by atoms with E-state index >= 15 is 0 Å². The monoisotopic (exact) mass is 305 g/mol. The van der Waals surface area contributed by atoms with Crippen LogP contribution in [0, 0.1) is 0 Å². The molecule has 6 heteroatoms. The topological polar surface area (TPSA) is 79.5 Å². The van der Waals surface area contributed by atoms with E-state index in [-0.39, 0.29) is 18.6 Å². The first-order valence-electron chi connectivity index (χ1n) is 7.27. The van der Waals surface area contributed by atoms with Crippen molar-refractivity contribution in [2.24, 2.45) is 0 Å². The fourth-order valence-corrected chi connectivity index (χ4v) is 3.74. The van der Waals surface area contributed by atoms with Gasteiger partial charge in [-0.3, -0.25) is 4.79 Å². The molecular weight excluding hydrogens is 286 g/mol. The van der Waals surface area contributed by atoms with Crippen molar-refractivity contribution in [3.63, 3.8) is 0 Å². The predicted octanol–water partition coefficient (Wildman–Crippen LogP) is 2.26. The number of fused-ring (bicyclic) bond motifs is 1. The highest BCUT2D eigenvalue weighted by atomic mass is 32.1. The number of hydrogen-bond donors (Lipinski definition) is 2. The quantitative estimate of drug-likeness (QED) is 0.908. The molecule has 2 aromatic rings. The van der Waals surface area contributed by atoms with E-state index in [0.29, 0.717) is 10.7 Å². The van der Waals surface area contributed by atoms with Gasteiger partial charge in [-0.15, -0.1) is 0 Å². The molecule has 1 fully saturated rings. The number of rotatable bonds is 4. The zero-order valence-corrected chi connectivity index (χ0v) is 12.6. The molecule has 1 aliphatic heterocycles. The smallest absolute Gasteiger partial charge is 0.254 e. The van der Waals surface area contributed by atoms with E-state index in [4.69, 9.17) is 10.8 Å². The summed E-state index contributed by atoms with van der Waals surface area (Å²) < 4.78 is 0.949. The Labute approximate surface area is 127 Å². The second-order valence-corrected chi connectivity index (χ2v) is 6.46. The molecule has 1 saturated heterocycles. The summed E-state index contributed by atoms with van der Waals surface area (Å²) in [5.74, 6) is 0.0734. The SMILES string of the molecule is Nc1nc2ccc(C(=O)N3CCCC3CCCO)cc2s1. The van der Waals surface area contributed by atoms with E-state index in [9.17, 15) is 4.79 Å². The second-order valence-electron chi connectivity index (χ2n) is 5.40. The molecule has 0 radical (unpaired) electrons. The number of aliphatic hydroxyl groups excluding tert-OH is 1. The normalized spacial score (nSPS) is 18.5. The van der Waals surface area contributed by atoms with Crippen LogP contribution >= 0.6 is 11.3 Å². The average molecular weight is 305 g/mol. The van der Waals surface area contributed by atoms with Gasteiger partial charge in [-0.05, 0) is 43.9 Å². The molecule has 0 saturated carbocycles. The molecule has 0 bridgehead atoms. The number of nitrogens with zero attached hydrogens (tertiary/aromatic N) is 2. The Morgan fingerprint density at radius 1 is 1.52 bits per heavy atom. The molecule has 0 aliphatic carbocycles. The van der Waals surface area contributed by atoms with Gasteiger partial charge >= 0.3 is 0 Å². The van der Waals surface area contributed by atoms with Crippen molar-refractivity contribution in [1.82, 2.24) is 9.88 Å². The highest BCUT2D eigenvalue weighted by molar-refractivity contribution is 7.22. The lowest BCUT2D eigenvalue weighted by atomic mass is 10.1. The van der Waals surface area contributed by atoms with E-state index in [0.717, 1.165) is 42.4 Å². The lowest BCUT2D eigenvalue weighted by Crippen LogP contribution is -2.35. The summed E-state index contributed by atoms with van der Waals surface area (Å²) in [4.78, 5) is 18.8. The van der Waals surface area contributed by atoms with E-state index < -0.39 is 0 Å². The Kier molecular flexibility index (Phi) is 4.07. The number of likely N-dealkylation sites (tertiary alicyclic amines) is 1. The third-order valence-corrected chi connectivity index (χ3v) is 4.83. The van der Waals surface area contributed by atoms with Gasteiger partial charge in [-0.1, -0.05) is 11.3 Å². The molecule has 1 amide bonds. The number of amides is 1. The maximum atomic E-state index is 12.7. The number of aliphatic hydroxyl groups is 1. The first-order chi connectivity index (χ1) is 10.2. The number of benzene rings is 1. The van der Waals surface area contributed by atoms with Gasteiger partial charge in [0.05, 0.1) is 10.2 Å². The molecule has 0 spiro atoms. The van der Waals surface area contributed by atoms with Gasteiger partial charge in [0.25, 0.3) is 5.91 Å². The minimum Gasteiger partial charge on any atom is -0.396 e. The summed E-state index contributed by atoms with van der Waals surface area (Å²) in [5.41, 5.74) is 7.24. The van der Waals surface area contributed by atoms with Crippen molar-refractivity contribution in [3.05, 3.63) is 23.8 Å². The summed E-state index contributed by atoms with van der Waals surface area (Å²) in [7, 11) is 0. The number of aromatic nitrogens is 1. The van der Waals surface area contributed by atoms with Gasteiger partial charge in [-0.25, -0.2) is 4.98 Å². The van der Waals surface area contributed by atoms with Crippen LogP contribution in [-0.4, -0.2) is 40.1 Å². The first-order valence-corrected chi connectivity index (χ1v) is 8.08. The van der Waals surface area contributed by atoms with E-state index in [1.807, 2.05) is 23.1 Å². The maximum absolute atomic E-state index is 12.7. The van der Waals surface area contributed by atoms with Gasteiger partial charge in [0.2, 0.25) is 0 Å². The number of hydrogen-bond acceptors (Lipinski definition) is 5. The minimum atomic E-state index is 0.0734. The molecule has 1 atom stereocenters. The van der Waals surface area contributed by atoms with Crippen LogP contribution in [0.1, 0.15) is 36.0 Å². The summed E-state index contributed by atoms with van der Waals surface area (Å²) in [6, 6.07) is 5.82. The minimum absolute atomic E-state index is 0.0734. The van der Waals surface area contributed by atoms with Crippen LogP contribution in [0.3, 0.4) is 0 Å². The van der Waals surface area contributed by atoms with E-state index in [1.165, 1.54) is 11.3 Å². The molecule has 2 heterocycles. The molecule has 112 valence electrons.